The lowest BCUT2D eigenvalue weighted by Crippen LogP contribution is -2.38. The number of carbonyl (C=O) groups excluding carboxylic acids is 1. The average molecular weight is 398 g/mol. The molecule has 0 unspecified atom stereocenters. The van der Waals surface area contributed by atoms with Crippen LogP contribution in [0, 0.1) is 5.92 Å². The van der Waals surface area contributed by atoms with Crippen LogP contribution in [-0.4, -0.2) is 49.0 Å². The quantitative estimate of drug-likeness (QED) is 0.718. The van der Waals surface area contributed by atoms with Crippen LogP contribution >= 0.6 is 11.3 Å². The van der Waals surface area contributed by atoms with Crippen molar-refractivity contribution in [1.29, 1.82) is 0 Å². The van der Waals surface area contributed by atoms with E-state index < -0.39 is 12.0 Å². The zero-order valence-corrected chi connectivity index (χ0v) is 14.5. The van der Waals surface area contributed by atoms with E-state index in [1.54, 1.807) is 6.07 Å². The molecule has 0 saturated carbocycles. The Bertz CT molecular complexity index is 949. The number of anilines is 2. The lowest BCUT2D eigenvalue weighted by molar-refractivity contribution is -0.146. The lowest BCUT2D eigenvalue weighted by atomic mass is 9.96. The van der Waals surface area contributed by atoms with E-state index in [-0.39, 0.29) is 17.5 Å². The van der Waals surface area contributed by atoms with Crippen LogP contribution in [0.15, 0.2) is 17.6 Å². The van der Waals surface area contributed by atoms with E-state index in [1.807, 2.05) is 4.90 Å². The maximum Gasteiger partial charge on any atom is 0.453 e. The first kappa shape index (κ1) is 17.6. The van der Waals surface area contributed by atoms with E-state index in [9.17, 15) is 18.0 Å². The highest BCUT2D eigenvalue weighted by Crippen LogP contribution is 2.29. The summed E-state index contributed by atoms with van der Waals surface area (Å²) in [5.41, 5.74) is 1.55. The van der Waals surface area contributed by atoms with Gasteiger partial charge in [-0.3, -0.25) is 4.79 Å². The first-order valence-corrected chi connectivity index (χ1v) is 8.91. The van der Waals surface area contributed by atoms with E-state index in [2.05, 4.69) is 30.8 Å². The summed E-state index contributed by atoms with van der Waals surface area (Å²) in [6.07, 6.45) is -3.53. The van der Waals surface area contributed by atoms with Gasteiger partial charge >= 0.3 is 6.18 Å². The molecule has 3 aromatic heterocycles. The molecule has 0 radical (unpaired) electrons. The molecule has 27 heavy (non-hydrogen) atoms. The zero-order chi connectivity index (χ0) is 19.0. The molecule has 1 aliphatic heterocycles. The number of fused-ring (bicyclic) bond motifs is 1. The van der Waals surface area contributed by atoms with Gasteiger partial charge in [-0.1, -0.05) is 11.3 Å². The summed E-state index contributed by atoms with van der Waals surface area (Å²) < 4.78 is 39.7. The van der Waals surface area contributed by atoms with E-state index in [4.69, 9.17) is 0 Å². The fourth-order valence-electron chi connectivity index (χ4n) is 2.93. The molecule has 4 heterocycles. The lowest BCUT2D eigenvalue weighted by Gasteiger charge is -2.31. The summed E-state index contributed by atoms with van der Waals surface area (Å²) in [6.45, 7) is 0.992. The number of amides is 1. The highest BCUT2D eigenvalue weighted by atomic mass is 32.1. The molecular weight excluding hydrogens is 385 g/mol. The summed E-state index contributed by atoms with van der Waals surface area (Å²) in [4.78, 5) is 14.1. The Hall–Kier alpha value is -2.83. The van der Waals surface area contributed by atoms with Gasteiger partial charge in [0.1, 0.15) is 11.3 Å². The first-order valence-electron chi connectivity index (χ1n) is 8.03. The Morgan fingerprint density at radius 2 is 1.96 bits per heavy atom. The van der Waals surface area contributed by atoms with Gasteiger partial charge in [0.15, 0.2) is 5.65 Å². The molecule has 1 N–H and O–H groups in total. The fraction of sp³-hybridized carbons (Fsp3) is 0.429. The van der Waals surface area contributed by atoms with Crippen LogP contribution in [0.2, 0.25) is 0 Å². The van der Waals surface area contributed by atoms with Gasteiger partial charge in [0.25, 0.3) is 5.82 Å². The molecule has 4 rings (SSSR count). The number of halogens is 3. The second-order valence-corrected chi connectivity index (χ2v) is 6.81. The Morgan fingerprint density at radius 3 is 2.63 bits per heavy atom. The molecule has 142 valence electrons. The highest BCUT2D eigenvalue weighted by molar-refractivity contribution is 7.13. The number of hydrogen-bond donors (Lipinski definition) is 1. The minimum atomic E-state index is -4.64. The molecule has 0 aromatic carbocycles. The number of carbonyl (C=O) groups is 1. The third-order valence-electron chi connectivity index (χ3n) is 4.28. The maximum absolute atomic E-state index is 13.0. The fourth-order valence-corrected chi connectivity index (χ4v) is 3.38. The number of nitrogens with zero attached hydrogens (tertiary/aromatic N) is 7. The van der Waals surface area contributed by atoms with Crippen molar-refractivity contribution in [1.82, 2.24) is 30.0 Å². The number of piperidine rings is 1. The van der Waals surface area contributed by atoms with E-state index in [0.29, 0.717) is 41.4 Å². The topological polar surface area (TPSA) is 101 Å². The zero-order valence-electron chi connectivity index (χ0n) is 13.7. The second-order valence-electron chi connectivity index (χ2n) is 5.98. The third-order valence-corrected chi connectivity index (χ3v) is 4.89. The predicted molar refractivity (Wildman–Crippen MR) is 89.3 cm³/mol. The molecule has 1 amide bonds. The van der Waals surface area contributed by atoms with Gasteiger partial charge in [-0.05, 0) is 25.0 Å². The summed E-state index contributed by atoms with van der Waals surface area (Å²) in [6, 6.07) is 3.05. The van der Waals surface area contributed by atoms with Crippen molar-refractivity contribution in [3.8, 4) is 0 Å². The van der Waals surface area contributed by atoms with E-state index in [1.165, 1.54) is 22.9 Å². The summed E-state index contributed by atoms with van der Waals surface area (Å²) in [5, 5.41) is 21.3. The number of nitrogens with one attached hydrogen (secondary N) is 1. The second kappa shape index (κ2) is 6.72. The summed E-state index contributed by atoms with van der Waals surface area (Å²) in [5.74, 6) is -1.11. The molecule has 0 spiro atoms. The van der Waals surface area contributed by atoms with Crippen LogP contribution in [-0.2, 0) is 11.0 Å². The maximum atomic E-state index is 13.0. The smallest absolute Gasteiger partial charge is 0.355 e. The van der Waals surface area contributed by atoms with Crippen molar-refractivity contribution in [2.45, 2.75) is 19.0 Å². The molecule has 1 fully saturated rings. The van der Waals surface area contributed by atoms with Crippen LogP contribution in [0.25, 0.3) is 5.65 Å². The number of rotatable bonds is 3. The Kier molecular flexibility index (Phi) is 4.37. The minimum absolute atomic E-state index is 0.0254. The number of hydrogen-bond acceptors (Lipinski definition) is 8. The van der Waals surface area contributed by atoms with Gasteiger partial charge in [0, 0.05) is 19.0 Å². The normalized spacial score (nSPS) is 16.0. The van der Waals surface area contributed by atoms with Crippen LogP contribution in [0.4, 0.5) is 24.1 Å². The molecule has 1 saturated heterocycles. The SMILES string of the molecule is O=C(Nc1nncs1)C1CCN(c2ccc3nnc(C(F)(F)F)n3n2)CC1. The Balaban J connectivity index is 1.45. The van der Waals surface area contributed by atoms with Crippen LogP contribution in [0.3, 0.4) is 0 Å². The molecule has 9 nitrogen and oxygen atoms in total. The average Bonchev–Trinajstić information content (AvgIpc) is 3.30. The Morgan fingerprint density at radius 1 is 1.19 bits per heavy atom. The van der Waals surface area contributed by atoms with E-state index in [0.717, 1.165) is 0 Å². The van der Waals surface area contributed by atoms with Gasteiger partial charge in [-0.15, -0.1) is 25.5 Å². The molecule has 13 heteroatoms. The summed E-state index contributed by atoms with van der Waals surface area (Å²) in [7, 11) is 0. The standard InChI is InChI=1S/C14H13F3N8OS/c15-14(16,17)12-21-20-9-1-2-10(23-25(9)12)24-5-3-8(4-6-24)11(26)19-13-22-18-7-27-13/h1-2,7-8H,3-6H2,(H,19,22,26). The largest absolute Gasteiger partial charge is 0.453 e. The van der Waals surface area contributed by atoms with Crippen molar-refractivity contribution in [3.63, 3.8) is 0 Å². The van der Waals surface area contributed by atoms with Crippen molar-refractivity contribution in [3.05, 3.63) is 23.5 Å². The summed E-state index contributed by atoms with van der Waals surface area (Å²) >= 11 is 1.24. The van der Waals surface area contributed by atoms with Crippen LogP contribution in [0.1, 0.15) is 18.7 Å². The van der Waals surface area contributed by atoms with Crippen molar-refractivity contribution >= 4 is 33.8 Å². The van der Waals surface area contributed by atoms with Crippen LogP contribution in [0.5, 0.6) is 0 Å². The van der Waals surface area contributed by atoms with Gasteiger partial charge in [-0.2, -0.15) is 17.7 Å². The molecule has 0 aliphatic carbocycles. The predicted octanol–water partition coefficient (Wildman–Crippen LogP) is 1.85. The molecular formula is C14H13F3N8OS. The minimum Gasteiger partial charge on any atom is -0.355 e. The van der Waals surface area contributed by atoms with Crippen LogP contribution < -0.4 is 10.2 Å². The van der Waals surface area contributed by atoms with E-state index >= 15 is 0 Å². The van der Waals surface area contributed by atoms with Gasteiger partial charge in [0.05, 0.1) is 0 Å². The van der Waals surface area contributed by atoms with Crippen molar-refractivity contribution in [2.75, 3.05) is 23.3 Å². The molecule has 0 atom stereocenters. The monoisotopic (exact) mass is 398 g/mol. The number of alkyl halides is 3. The van der Waals surface area contributed by atoms with Gasteiger partial charge in [0.2, 0.25) is 11.0 Å². The highest BCUT2D eigenvalue weighted by Gasteiger charge is 2.38. The first-order chi connectivity index (χ1) is 12.9. The Labute approximate surface area is 154 Å². The molecule has 1 aliphatic rings. The van der Waals surface area contributed by atoms with Gasteiger partial charge in [-0.25, -0.2) is 0 Å². The molecule has 0 bridgehead atoms. The third kappa shape index (κ3) is 3.54. The van der Waals surface area contributed by atoms with Crippen molar-refractivity contribution in [2.24, 2.45) is 5.92 Å². The van der Waals surface area contributed by atoms with Crippen molar-refractivity contribution < 1.29 is 18.0 Å². The number of aromatic nitrogens is 6. The van der Waals surface area contributed by atoms with Gasteiger partial charge < -0.3 is 10.2 Å². The molecule has 3 aromatic rings.